The van der Waals surface area contributed by atoms with Crippen molar-refractivity contribution in [2.45, 2.75) is 32.6 Å². The van der Waals surface area contributed by atoms with Crippen molar-refractivity contribution in [3.05, 3.63) is 59.3 Å². The third kappa shape index (κ3) is 2.23. The Morgan fingerprint density at radius 3 is 2.33 bits per heavy atom. The van der Waals surface area contributed by atoms with Crippen molar-refractivity contribution in [1.29, 1.82) is 0 Å². The molecule has 1 aliphatic carbocycles. The molecule has 0 spiro atoms. The summed E-state index contributed by atoms with van der Waals surface area (Å²) in [4.78, 5) is 0. The lowest BCUT2D eigenvalue weighted by Gasteiger charge is -2.31. The summed E-state index contributed by atoms with van der Waals surface area (Å²) in [6.45, 7) is 6.90. The van der Waals surface area contributed by atoms with Gasteiger partial charge in [-0.2, -0.15) is 10.2 Å². The third-order valence-electron chi connectivity index (χ3n) is 5.08. The van der Waals surface area contributed by atoms with Gasteiger partial charge in [-0.3, -0.25) is 0 Å². The van der Waals surface area contributed by atoms with E-state index in [2.05, 4.69) is 86.0 Å². The van der Waals surface area contributed by atoms with Gasteiger partial charge < -0.3 is 3.97 Å². The van der Waals surface area contributed by atoms with Crippen LogP contribution in [0, 0.1) is 0 Å². The molecule has 0 amide bonds. The van der Waals surface area contributed by atoms with Crippen molar-refractivity contribution >= 4 is 21.1 Å². The van der Waals surface area contributed by atoms with E-state index in [-0.39, 0.29) is 5.41 Å². The number of hydrogen-bond donors (Lipinski definition) is 0. The first-order valence-electron chi connectivity index (χ1n) is 8.63. The molecule has 126 valence electrons. The Kier molecular flexibility index (Phi) is 3.25. The topological polar surface area (TPSA) is 4.93 Å². The minimum absolute atomic E-state index is 0.176. The summed E-state index contributed by atoms with van der Waals surface area (Å²) in [5.74, 6) is 0. The van der Waals surface area contributed by atoms with E-state index in [1.54, 1.807) is 0 Å². The molecule has 1 nitrogen and oxygen atoms in total. The number of benzene rings is 2. The predicted octanol–water partition coefficient (Wildman–Crippen LogP) is 5.97. The fourth-order valence-corrected chi connectivity index (χ4v) is 5.53. The molecule has 0 radical (unpaired) electrons. The molecule has 1 heterocycles. The lowest BCUT2D eigenvalue weighted by Crippen LogP contribution is -2.11. The monoisotopic (exact) mass is 337 g/mol. The van der Waals surface area contributed by atoms with Crippen molar-refractivity contribution in [3.8, 4) is 11.1 Å². The molecule has 2 aromatic carbocycles. The molecule has 0 unspecified atom stereocenters. The fourth-order valence-electron chi connectivity index (χ4n) is 3.97. The Morgan fingerprint density at radius 1 is 0.958 bits per heavy atom. The highest BCUT2D eigenvalue weighted by Crippen LogP contribution is 2.51. The molecule has 0 saturated carbocycles. The Balaban J connectivity index is 2.12. The molecule has 0 fully saturated rings. The van der Waals surface area contributed by atoms with Gasteiger partial charge in [0.2, 0.25) is 0 Å². The maximum Gasteiger partial charge on any atom is 0.0583 e. The molecule has 3 aromatic rings. The van der Waals surface area contributed by atoms with Gasteiger partial charge in [0.05, 0.1) is 5.52 Å². The van der Waals surface area contributed by atoms with E-state index >= 15 is 0 Å². The number of rotatable bonds is 1. The molecule has 1 aliphatic rings. The number of nitrogens with zero attached hydrogens (tertiary/aromatic N) is 1. The van der Waals surface area contributed by atoms with Crippen LogP contribution in [-0.4, -0.2) is 22.7 Å². The number of hydrogen-bond acceptors (Lipinski definition) is 0. The molecule has 0 atom stereocenters. The zero-order valence-electron chi connectivity index (χ0n) is 15.6. The van der Waals surface area contributed by atoms with Gasteiger partial charge in [-0.1, -0.05) is 51.1 Å². The summed E-state index contributed by atoms with van der Waals surface area (Å²) in [6, 6.07) is 16.1. The van der Waals surface area contributed by atoms with E-state index in [9.17, 15) is 0 Å². The van der Waals surface area contributed by atoms with E-state index in [0.717, 1.165) is 6.42 Å². The van der Waals surface area contributed by atoms with Crippen molar-refractivity contribution in [2.24, 2.45) is 0 Å². The van der Waals surface area contributed by atoms with Gasteiger partial charge in [-0.15, -0.1) is 0 Å². The minimum atomic E-state index is -0.861. The second kappa shape index (κ2) is 4.92. The average molecular weight is 338 g/mol. The van der Waals surface area contributed by atoms with Crippen LogP contribution in [0.3, 0.4) is 0 Å². The molecule has 1 aromatic heterocycles. The molecule has 24 heavy (non-hydrogen) atoms. The summed E-state index contributed by atoms with van der Waals surface area (Å²) >= 11 is 0. The van der Waals surface area contributed by atoms with Crippen molar-refractivity contribution < 1.29 is 0 Å². The fraction of sp³-hybridized carbons (Fsp3) is 0.364. The van der Waals surface area contributed by atoms with E-state index in [0.29, 0.717) is 0 Å². The summed E-state index contributed by atoms with van der Waals surface area (Å²) in [7, 11) is -0.861. The maximum absolute atomic E-state index is 2.64. The summed E-state index contributed by atoms with van der Waals surface area (Å²) in [6.07, 6.45) is 8.25. The molecule has 0 N–H and O–H groups in total. The van der Waals surface area contributed by atoms with Crippen LogP contribution in [-0.2, 0) is 11.8 Å². The Hall–Kier alpha value is -1.67. The lowest BCUT2D eigenvalue weighted by molar-refractivity contribution is 0.591. The standard InChI is InChI=1S/C22H27NS/c1-22(2,3)16-11-12-19-18(14-16)21-17-10-8-7-9-15(17)13-20(21)23(19)24(4,5)6/h7-12,14H,13H2,1-6H3. The van der Waals surface area contributed by atoms with E-state index in [4.69, 9.17) is 0 Å². The van der Waals surface area contributed by atoms with Gasteiger partial charge >= 0.3 is 0 Å². The van der Waals surface area contributed by atoms with Crippen LogP contribution in [0.15, 0.2) is 42.5 Å². The van der Waals surface area contributed by atoms with Crippen LogP contribution in [0.5, 0.6) is 0 Å². The van der Waals surface area contributed by atoms with Crippen molar-refractivity contribution in [2.75, 3.05) is 18.8 Å². The molecule has 4 rings (SSSR count). The van der Waals surface area contributed by atoms with Crippen LogP contribution < -0.4 is 0 Å². The molecule has 0 bridgehead atoms. The van der Waals surface area contributed by atoms with E-state index in [1.807, 2.05) is 0 Å². The van der Waals surface area contributed by atoms with Crippen molar-refractivity contribution in [3.63, 3.8) is 0 Å². The third-order valence-corrected chi connectivity index (χ3v) is 6.59. The molecule has 0 saturated heterocycles. The van der Waals surface area contributed by atoms with Crippen LogP contribution in [0.4, 0.5) is 0 Å². The Labute approximate surface area is 147 Å². The highest BCUT2D eigenvalue weighted by atomic mass is 32.3. The highest BCUT2D eigenvalue weighted by Gasteiger charge is 2.29. The SMILES string of the molecule is CC(C)(C)c1ccc2c(c1)c1c(n2S(C)(C)C)Cc2ccccc2-1. The normalized spacial score (nSPS) is 14.8. The van der Waals surface area contributed by atoms with Crippen LogP contribution in [0.1, 0.15) is 37.6 Å². The quantitative estimate of drug-likeness (QED) is 0.403. The average Bonchev–Trinajstić information content (AvgIpc) is 2.98. The van der Waals surface area contributed by atoms with E-state index in [1.165, 1.54) is 38.9 Å². The van der Waals surface area contributed by atoms with Gasteiger partial charge in [0.15, 0.2) is 0 Å². The molecular formula is C22H27NS. The molecule has 0 aliphatic heterocycles. The van der Waals surface area contributed by atoms with Crippen LogP contribution >= 0.6 is 10.2 Å². The molecular weight excluding hydrogens is 310 g/mol. The first-order chi connectivity index (χ1) is 11.2. The zero-order chi connectivity index (χ0) is 17.3. The first kappa shape index (κ1) is 15.8. The molecule has 2 heteroatoms. The lowest BCUT2D eigenvalue weighted by atomic mass is 9.86. The summed E-state index contributed by atoms with van der Waals surface area (Å²) in [5, 5.41) is 1.44. The Morgan fingerprint density at radius 2 is 1.67 bits per heavy atom. The van der Waals surface area contributed by atoms with Gasteiger partial charge in [0.25, 0.3) is 0 Å². The van der Waals surface area contributed by atoms with Gasteiger partial charge in [0, 0.05) is 23.1 Å². The summed E-state index contributed by atoms with van der Waals surface area (Å²) < 4.78 is 2.64. The van der Waals surface area contributed by atoms with Gasteiger partial charge in [-0.25, -0.2) is 0 Å². The Bertz CT molecular complexity index is 948. The first-order valence-corrected chi connectivity index (χ1v) is 11.4. The van der Waals surface area contributed by atoms with Gasteiger partial charge in [-0.05, 0) is 53.0 Å². The summed E-state index contributed by atoms with van der Waals surface area (Å²) in [5.41, 5.74) is 8.91. The van der Waals surface area contributed by atoms with Crippen molar-refractivity contribution in [1.82, 2.24) is 3.97 Å². The predicted molar refractivity (Wildman–Crippen MR) is 110 cm³/mol. The van der Waals surface area contributed by atoms with Crippen LogP contribution in [0.2, 0.25) is 0 Å². The maximum atomic E-state index is 2.64. The zero-order valence-corrected chi connectivity index (χ0v) is 16.4. The second-order valence-corrected chi connectivity index (χ2v) is 12.6. The highest BCUT2D eigenvalue weighted by molar-refractivity contribution is 8.31. The number of aromatic nitrogens is 1. The van der Waals surface area contributed by atoms with Gasteiger partial charge in [0.1, 0.15) is 0 Å². The largest absolute Gasteiger partial charge is 0.306 e. The number of fused-ring (bicyclic) bond motifs is 5. The van der Waals surface area contributed by atoms with Crippen LogP contribution in [0.25, 0.3) is 22.0 Å². The minimum Gasteiger partial charge on any atom is -0.306 e. The second-order valence-electron chi connectivity index (χ2n) is 8.70. The van der Waals surface area contributed by atoms with E-state index < -0.39 is 10.2 Å². The smallest absolute Gasteiger partial charge is 0.0583 e.